The van der Waals surface area contributed by atoms with Crippen LogP contribution in [0.25, 0.3) is 10.9 Å². The molecule has 0 radical (unpaired) electrons. The van der Waals surface area contributed by atoms with Gasteiger partial charge in [-0.05, 0) is 28.1 Å². The summed E-state index contributed by atoms with van der Waals surface area (Å²) in [5, 5.41) is 7.38. The van der Waals surface area contributed by atoms with Crippen molar-refractivity contribution in [1.29, 1.82) is 0 Å². The number of nitrogens with one attached hydrogen (secondary N) is 1. The fourth-order valence-electron chi connectivity index (χ4n) is 3.49. The van der Waals surface area contributed by atoms with E-state index in [1.54, 1.807) is 6.20 Å². The van der Waals surface area contributed by atoms with Gasteiger partial charge in [-0.3, -0.25) is 14.7 Å². The summed E-state index contributed by atoms with van der Waals surface area (Å²) in [5.74, 6) is -0.439. The zero-order chi connectivity index (χ0) is 21.1. The smallest absolute Gasteiger partial charge is 0.410 e. The third-order valence-electron chi connectivity index (χ3n) is 5.00. The van der Waals surface area contributed by atoms with E-state index in [0.29, 0.717) is 16.6 Å². The molecule has 10 heteroatoms. The van der Waals surface area contributed by atoms with Crippen molar-refractivity contribution in [1.82, 2.24) is 15.2 Å². The van der Waals surface area contributed by atoms with E-state index in [-0.39, 0.29) is 32.2 Å². The van der Waals surface area contributed by atoms with Gasteiger partial charge in [0.2, 0.25) is 5.91 Å². The average Bonchev–Trinajstić information content (AvgIpc) is 3.35. The lowest BCUT2D eigenvalue weighted by molar-refractivity contribution is -0.125. The summed E-state index contributed by atoms with van der Waals surface area (Å²) in [6, 6.07) is 8.56. The molecule has 1 aromatic carbocycles. The quantitative estimate of drug-likeness (QED) is 0.712. The molecule has 158 valence electrons. The fraction of sp³-hybridized carbons (Fsp3) is 0.400. The van der Waals surface area contributed by atoms with Crippen LogP contribution in [0.1, 0.15) is 18.4 Å². The lowest BCUT2D eigenvalue weighted by Gasteiger charge is -2.23. The molecule has 8 nitrogen and oxygen atoms in total. The minimum atomic E-state index is -1.28. The van der Waals surface area contributed by atoms with Gasteiger partial charge >= 0.3 is 6.09 Å². The normalized spacial score (nSPS) is 23.2. The number of amides is 2. The van der Waals surface area contributed by atoms with Crippen molar-refractivity contribution in [2.75, 3.05) is 13.1 Å². The van der Waals surface area contributed by atoms with Crippen LogP contribution < -0.4 is 5.32 Å². The van der Waals surface area contributed by atoms with Crippen LogP contribution in [-0.2, 0) is 21.0 Å². The molecule has 3 heterocycles. The highest BCUT2D eigenvalue weighted by atomic mass is 79.9. The van der Waals surface area contributed by atoms with Crippen LogP contribution in [0.2, 0.25) is 0 Å². The molecule has 1 N–H and O–H groups in total. The summed E-state index contributed by atoms with van der Waals surface area (Å²) in [4.78, 5) is 35.7. The van der Waals surface area contributed by atoms with Gasteiger partial charge in [-0.25, -0.2) is 9.18 Å². The molecule has 30 heavy (non-hydrogen) atoms. The predicted molar refractivity (Wildman–Crippen MR) is 111 cm³/mol. The fourth-order valence-corrected chi connectivity index (χ4v) is 3.94. The number of ether oxygens (including phenoxy) is 1. The number of fused-ring (bicyclic) bond motifs is 1. The molecule has 0 bridgehead atoms. The van der Waals surface area contributed by atoms with Gasteiger partial charge < -0.3 is 14.9 Å². The van der Waals surface area contributed by atoms with Crippen LogP contribution in [0.4, 0.5) is 9.18 Å². The van der Waals surface area contributed by atoms with E-state index in [0.717, 1.165) is 15.8 Å². The van der Waals surface area contributed by atoms with E-state index in [1.807, 2.05) is 30.3 Å². The SMILES string of the molecule is O=C(NCC1CC(Br)=NO1)C1CC(F)CN1C(=O)OCc1cnc2ccccc2c1. The van der Waals surface area contributed by atoms with Crippen molar-refractivity contribution in [2.24, 2.45) is 5.16 Å². The molecule has 0 saturated carbocycles. The van der Waals surface area contributed by atoms with Gasteiger partial charge in [-0.1, -0.05) is 23.4 Å². The van der Waals surface area contributed by atoms with E-state index in [2.05, 4.69) is 31.4 Å². The number of oxime groups is 1. The van der Waals surface area contributed by atoms with E-state index >= 15 is 0 Å². The third-order valence-corrected chi connectivity index (χ3v) is 5.47. The summed E-state index contributed by atoms with van der Waals surface area (Å²) in [6.07, 6.45) is -0.190. The number of hydrogen-bond donors (Lipinski definition) is 1. The van der Waals surface area contributed by atoms with Crippen molar-refractivity contribution >= 4 is 43.5 Å². The van der Waals surface area contributed by atoms with E-state index in [9.17, 15) is 14.0 Å². The Kier molecular flexibility index (Phi) is 6.12. The Bertz CT molecular complexity index is 988. The highest BCUT2D eigenvalue weighted by molar-refractivity contribution is 9.18. The van der Waals surface area contributed by atoms with Crippen LogP contribution in [-0.4, -0.2) is 57.9 Å². The van der Waals surface area contributed by atoms with Gasteiger partial charge in [0, 0.05) is 30.0 Å². The Balaban J connectivity index is 1.33. The molecule has 3 unspecified atom stereocenters. The number of halogens is 2. The first-order valence-corrected chi connectivity index (χ1v) is 10.4. The van der Waals surface area contributed by atoms with Gasteiger partial charge in [0.1, 0.15) is 23.4 Å². The van der Waals surface area contributed by atoms with Crippen molar-refractivity contribution in [2.45, 2.75) is 37.8 Å². The number of para-hydroxylation sites is 1. The number of rotatable bonds is 5. The van der Waals surface area contributed by atoms with Gasteiger partial charge in [0.15, 0.2) is 6.10 Å². The number of likely N-dealkylation sites (tertiary alicyclic amines) is 1. The Labute approximate surface area is 180 Å². The van der Waals surface area contributed by atoms with Gasteiger partial charge in [0.05, 0.1) is 18.6 Å². The zero-order valence-electron chi connectivity index (χ0n) is 16.0. The van der Waals surface area contributed by atoms with Crippen LogP contribution in [0.5, 0.6) is 0 Å². The van der Waals surface area contributed by atoms with Crippen LogP contribution in [0.3, 0.4) is 0 Å². The predicted octanol–water partition coefficient (Wildman–Crippen LogP) is 2.90. The monoisotopic (exact) mass is 478 g/mol. The molecule has 1 fully saturated rings. The molecular weight excluding hydrogens is 459 g/mol. The molecule has 2 aliphatic rings. The van der Waals surface area contributed by atoms with Crippen LogP contribution >= 0.6 is 15.9 Å². The second-order valence-corrected chi connectivity index (χ2v) is 8.15. The third kappa shape index (κ3) is 4.69. The van der Waals surface area contributed by atoms with Gasteiger partial charge in [0.25, 0.3) is 0 Å². The zero-order valence-corrected chi connectivity index (χ0v) is 17.5. The summed E-state index contributed by atoms with van der Waals surface area (Å²) < 4.78 is 20.0. The molecule has 2 aliphatic heterocycles. The van der Waals surface area contributed by atoms with Gasteiger partial charge in [-0.2, -0.15) is 0 Å². The standard InChI is InChI=1S/C20H20BrFN4O4/c21-18-7-15(30-25-18)9-24-19(27)17-6-14(22)10-26(17)20(28)29-11-12-5-13-3-1-2-4-16(13)23-8-12/h1-5,8,14-15,17H,6-7,9-11H2,(H,24,27). The maximum Gasteiger partial charge on any atom is 0.410 e. The number of alkyl halides is 1. The molecule has 2 aromatic rings. The molecule has 1 aromatic heterocycles. The molecule has 3 atom stereocenters. The van der Waals surface area contributed by atoms with E-state index < -0.39 is 24.2 Å². The molecule has 0 spiro atoms. The topological polar surface area (TPSA) is 93.1 Å². The highest BCUT2D eigenvalue weighted by Crippen LogP contribution is 2.23. The lowest BCUT2D eigenvalue weighted by atomic mass is 10.2. The number of pyridine rings is 1. The summed E-state index contributed by atoms with van der Waals surface area (Å²) >= 11 is 3.23. The Morgan fingerprint density at radius 1 is 1.37 bits per heavy atom. The van der Waals surface area contributed by atoms with Crippen LogP contribution in [0, 0.1) is 0 Å². The van der Waals surface area contributed by atoms with Crippen molar-refractivity contribution in [3.8, 4) is 0 Å². The maximum atomic E-state index is 14.0. The minimum Gasteiger partial charge on any atom is -0.444 e. The number of hydrogen-bond acceptors (Lipinski definition) is 6. The van der Waals surface area contributed by atoms with Crippen molar-refractivity contribution in [3.05, 3.63) is 42.1 Å². The number of carbonyl (C=O) groups is 2. The van der Waals surface area contributed by atoms with Crippen molar-refractivity contribution < 1.29 is 23.6 Å². The Hall–Kier alpha value is -2.75. The first-order chi connectivity index (χ1) is 14.5. The number of carbonyl (C=O) groups excluding carboxylic acids is 2. The van der Waals surface area contributed by atoms with E-state index in [1.165, 1.54) is 0 Å². The maximum absolute atomic E-state index is 14.0. The first-order valence-electron chi connectivity index (χ1n) is 9.56. The van der Waals surface area contributed by atoms with E-state index in [4.69, 9.17) is 9.57 Å². The van der Waals surface area contributed by atoms with Gasteiger partial charge in [-0.15, -0.1) is 0 Å². The molecular formula is C20H20BrFN4O4. The summed E-state index contributed by atoms with van der Waals surface area (Å²) in [5.41, 5.74) is 1.55. The van der Waals surface area contributed by atoms with Crippen molar-refractivity contribution in [3.63, 3.8) is 0 Å². The molecule has 1 saturated heterocycles. The summed E-state index contributed by atoms with van der Waals surface area (Å²) in [7, 11) is 0. The number of benzene rings is 1. The molecule has 4 rings (SSSR count). The molecule has 2 amide bonds. The second kappa shape index (κ2) is 8.95. The number of aromatic nitrogens is 1. The lowest BCUT2D eigenvalue weighted by Crippen LogP contribution is -2.47. The second-order valence-electron chi connectivity index (χ2n) is 7.24. The van der Waals surface area contributed by atoms with Crippen LogP contribution in [0.15, 0.2) is 41.7 Å². The minimum absolute atomic E-state index is 0.0141. The largest absolute Gasteiger partial charge is 0.444 e. The Morgan fingerprint density at radius 2 is 2.20 bits per heavy atom. The Morgan fingerprint density at radius 3 is 3.00 bits per heavy atom. The number of nitrogens with zero attached hydrogens (tertiary/aromatic N) is 3. The highest BCUT2D eigenvalue weighted by Gasteiger charge is 2.41. The first kappa shape index (κ1) is 20.5. The average molecular weight is 479 g/mol. The molecule has 0 aliphatic carbocycles. The summed E-state index contributed by atoms with van der Waals surface area (Å²) in [6.45, 7) is 0.0255.